The van der Waals surface area contributed by atoms with E-state index < -0.39 is 0 Å². The van der Waals surface area contributed by atoms with Gasteiger partial charge in [0.05, 0.1) is 29.7 Å². The first-order chi connectivity index (χ1) is 8.96. The topological polar surface area (TPSA) is 48.4 Å². The molecule has 0 fully saturated rings. The van der Waals surface area contributed by atoms with E-state index in [1.807, 2.05) is 27.1 Å². The van der Waals surface area contributed by atoms with E-state index in [1.54, 1.807) is 0 Å². The van der Waals surface area contributed by atoms with Crippen molar-refractivity contribution in [3.63, 3.8) is 0 Å². The van der Waals surface area contributed by atoms with Gasteiger partial charge in [-0.3, -0.25) is 4.98 Å². The normalized spacial score (nSPS) is 13.4. The first-order valence-electron chi connectivity index (χ1n) is 7.00. The maximum atomic E-state index is 9.40. The Labute approximate surface area is 116 Å². The van der Waals surface area contributed by atoms with E-state index in [4.69, 9.17) is 0 Å². The summed E-state index contributed by atoms with van der Waals surface area (Å²) in [6, 6.07) is 4.45. The fraction of sp³-hybridized carbons (Fsp3) is 0.667. The Hall–Kier alpha value is -1.13. The number of likely N-dealkylation sites (N-methyl/N-ethyl adjacent to an activating group) is 1. The predicted octanol–water partition coefficient (Wildman–Crippen LogP) is 2.35. The molecular formula is C15H27N3O. The molecule has 4 nitrogen and oxygen atoms in total. The van der Waals surface area contributed by atoms with Gasteiger partial charge in [0.1, 0.15) is 0 Å². The van der Waals surface area contributed by atoms with Crippen molar-refractivity contribution in [3.8, 4) is 0 Å². The number of nitrogens with one attached hydrogen (secondary N) is 1. The van der Waals surface area contributed by atoms with Crippen molar-refractivity contribution in [2.75, 3.05) is 25.1 Å². The van der Waals surface area contributed by atoms with Crippen LogP contribution in [-0.4, -0.2) is 35.8 Å². The number of aliphatic hydroxyl groups is 1. The molecule has 1 rings (SSSR count). The molecule has 108 valence electrons. The van der Waals surface area contributed by atoms with Crippen LogP contribution < -0.4 is 10.2 Å². The van der Waals surface area contributed by atoms with Gasteiger partial charge in [0.25, 0.3) is 0 Å². The Morgan fingerprint density at radius 3 is 2.47 bits per heavy atom. The highest BCUT2D eigenvalue weighted by Gasteiger charge is 2.23. The highest BCUT2D eigenvalue weighted by molar-refractivity contribution is 5.46. The molecule has 2 N–H and O–H groups in total. The molecule has 1 aromatic rings. The van der Waals surface area contributed by atoms with E-state index >= 15 is 0 Å². The van der Waals surface area contributed by atoms with Crippen molar-refractivity contribution in [2.24, 2.45) is 0 Å². The fourth-order valence-corrected chi connectivity index (χ4v) is 1.96. The first kappa shape index (κ1) is 15.9. The molecule has 0 aliphatic rings. The second kappa shape index (κ2) is 6.87. The molecule has 19 heavy (non-hydrogen) atoms. The lowest BCUT2D eigenvalue weighted by Crippen LogP contribution is -2.44. The summed E-state index contributed by atoms with van der Waals surface area (Å²) in [5.41, 5.74) is 1.81. The summed E-state index contributed by atoms with van der Waals surface area (Å²) >= 11 is 0. The van der Waals surface area contributed by atoms with Crippen LogP contribution in [0.4, 0.5) is 5.69 Å². The zero-order chi connectivity index (χ0) is 14.5. The Kier molecular flexibility index (Phi) is 5.76. The predicted molar refractivity (Wildman–Crippen MR) is 80.5 cm³/mol. The van der Waals surface area contributed by atoms with E-state index in [1.165, 1.54) is 0 Å². The van der Waals surface area contributed by atoms with Crippen molar-refractivity contribution in [3.05, 3.63) is 24.0 Å². The minimum atomic E-state index is -0.283. The van der Waals surface area contributed by atoms with E-state index in [0.717, 1.165) is 24.3 Å². The second-order valence-corrected chi connectivity index (χ2v) is 5.49. The summed E-state index contributed by atoms with van der Waals surface area (Å²) in [6.45, 7) is 9.33. The van der Waals surface area contributed by atoms with Gasteiger partial charge in [0.15, 0.2) is 0 Å². The Morgan fingerprint density at radius 1 is 1.37 bits per heavy atom. The average molecular weight is 265 g/mol. The van der Waals surface area contributed by atoms with Crippen LogP contribution in [0, 0.1) is 0 Å². The first-order valence-corrected chi connectivity index (χ1v) is 7.00. The summed E-state index contributed by atoms with van der Waals surface area (Å²) in [6.07, 6.45) is 2.91. The number of anilines is 1. The molecule has 0 aliphatic heterocycles. The van der Waals surface area contributed by atoms with Gasteiger partial charge in [-0.05, 0) is 38.9 Å². The Bertz CT molecular complexity index is 375. The summed E-state index contributed by atoms with van der Waals surface area (Å²) in [4.78, 5) is 6.61. The summed E-state index contributed by atoms with van der Waals surface area (Å²) < 4.78 is 0. The SMILES string of the molecule is CCNC(CC)c1ccc(N(C)C(C)(C)CO)cn1. The molecule has 0 saturated heterocycles. The number of rotatable bonds is 7. The van der Waals surface area contributed by atoms with E-state index in [-0.39, 0.29) is 12.1 Å². The number of hydrogen-bond acceptors (Lipinski definition) is 4. The van der Waals surface area contributed by atoms with Crippen LogP contribution in [0.2, 0.25) is 0 Å². The van der Waals surface area contributed by atoms with Gasteiger partial charge in [0.2, 0.25) is 0 Å². The molecule has 0 aromatic carbocycles. The molecule has 4 heteroatoms. The standard InChI is InChI=1S/C15H27N3O/c1-6-13(16-7-2)14-9-8-12(10-17-14)18(5)15(3,4)11-19/h8-10,13,16,19H,6-7,11H2,1-5H3. The van der Waals surface area contributed by atoms with Gasteiger partial charge in [-0.2, -0.15) is 0 Å². The molecule has 0 spiro atoms. The maximum absolute atomic E-state index is 9.40. The minimum Gasteiger partial charge on any atom is -0.394 e. The maximum Gasteiger partial charge on any atom is 0.0658 e. The van der Waals surface area contributed by atoms with Crippen LogP contribution in [0.5, 0.6) is 0 Å². The molecule has 1 heterocycles. The van der Waals surface area contributed by atoms with Crippen LogP contribution in [0.15, 0.2) is 18.3 Å². The van der Waals surface area contributed by atoms with E-state index in [9.17, 15) is 5.11 Å². The van der Waals surface area contributed by atoms with Crippen molar-refractivity contribution in [2.45, 2.75) is 45.7 Å². The van der Waals surface area contributed by atoms with Crippen molar-refractivity contribution in [1.82, 2.24) is 10.3 Å². The third kappa shape index (κ3) is 3.91. The lowest BCUT2D eigenvalue weighted by molar-refractivity contribution is 0.216. The summed E-state index contributed by atoms with van der Waals surface area (Å²) in [7, 11) is 1.98. The molecular weight excluding hydrogens is 238 g/mol. The lowest BCUT2D eigenvalue weighted by Gasteiger charge is -2.35. The number of hydrogen-bond donors (Lipinski definition) is 2. The van der Waals surface area contributed by atoms with Crippen LogP contribution in [-0.2, 0) is 0 Å². The summed E-state index contributed by atoms with van der Waals surface area (Å²) in [5.74, 6) is 0. The fourth-order valence-electron chi connectivity index (χ4n) is 1.96. The third-order valence-corrected chi connectivity index (χ3v) is 3.67. The van der Waals surface area contributed by atoms with Crippen molar-refractivity contribution in [1.29, 1.82) is 0 Å². The van der Waals surface area contributed by atoms with E-state index in [2.05, 4.69) is 41.2 Å². The Morgan fingerprint density at radius 2 is 2.05 bits per heavy atom. The van der Waals surface area contributed by atoms with Crippen LogP contribution in [0.1, 0.15) is 45.9 Å². The van der Waals surface area contributed by atoms with Gasteiger partial charge in [-0.1, -0.05) is 13.8 Å². The smallest absolute Gasteiger partial charge is 0.0658 e. The molecule has 0 saturated carbocycles. The van der Waals surface area contributed by atoms with Gasteiger partial charge in [0, 0.05) is 13.1 Å². The lowest BCUT2D eigenvalue weighted by atomic mass is 10.0. The van der Waals surface area contributed by atoms with Crippen LogP contribution in [0.3, 0.4) is 0 Å². The van der Waals surface area contributed by atoms with Gasteiger partial charge in [-0.25, -0.2) is 0 Å². The highest BCUT2D eigenvalue weighted by atomic mass is 16.3. The second-order valence-electron chi connectivity index (χ2n) is 5.49. The van der Waals surface area contributed by atoms with Gasteiger partial charge < -0.3 is 15.3 Å². The van der Waals surface area contributed by atoms with E-state index in [0.29, 0.717) is 6.04 Å². The third-order valence-electron chi connectivity index (χ3n) is 3.67. The number of aromatic nitrogens is 1. The quantitative estimate of drug-likeness (QED) is 0.794. The molecule has 1 unspecified atom stereocenters. The highest BCUT2D eigenvalue weighted by Crippen LogP contribution is 2.23. The molecule has 0 radical (unpaired) electrons. The Balaban J connectivity index is 2.87. The minimum absolute atomic E-state index is 0.111. The van der Waals surface area contributed by atoms with Crippen LogP contribution >= 0.6 is 0 Å². The zero-order valence-electron chi connectivity index (χ0n) is 12.8. The number of aliphatic hydroxyl groups excluding tert-OH is 1. The van der Waals surface area contributed by atoms with Crippen molar-refractivity contribution >= 4 is 5.69 Å². The zero-order valence-corrected chi connectivity index (χ0v) is 12.8. The van der Waals surface area contributed by atoms with Gasteiger partial charge >= 0.3 is 0 Å². The molecule has 1 atom stereocenters. The largest absolute Gasteiger partial charge is 0.394 e. The molecule has 0 aliphatic carbocycles. The molecule has 0 amide bonds. The molecule has 0 bridgehead atoms. The molecule has 1 aromatic heterocycles. The average Bonchev–Trinajstić information content (AvgIpc) is 2.44. The van der Waals surface area contributed by atoms with Crippen LogP contribution in [0.25, 0.3) is 0 Å². The monoisotopic (exact) mass is 265 g/mol. The number of pyridine rings is 1. The van der Waals surface area contributed by atoms with Gasteiger partial charge in [-0.15, -0.1) is 0 Å². The number of nitrogens with zero attached hydrogens (tertiary/aromatic N) is 2. The summed E-state index contributed by atoms with van der Waals surface area (Å²) in [5, 5.41) is 12.8. The van der Waals surface area contributed by atoms with Crippen molar-refractivity contribution < 1.29 is 5.11 Å².